The summed E-state index contributed by atoms with van der Waals surface area (Å²) in [5.74, 6) is 1.00. The molecule has 0 aliphatic rings. The van der Waals surface area contributed by atoms with E-state index < -0.39 is 0 Å². The van der Waals surface area contributed by atoms with E-state index in [9.17, 15) is 4.79 Å². The van der Waals surface area contributed by atoms with Gasteiger partial charge in [-0.3, -0.25) is 4.79 Å². The molecule has 0 atom stereocenters. The van der Waals surface area contributed by atoms with E-state index >= 15 is 0 Å². The molecule has 0 saturated heterocycles. The number of hydrogen-bond acceptors (Lipinski definition) is 5. The molecule has 1 heterocycles. The van der Waals surface area contributed by atoms with Crippen molar-refractivity contribution >= 4 is 5.91 Å². The van der Waals surface area contributed by atoms with E-state index in [-0.39, 0.29) is 5.91 Å². The van der Waals surface area contributed by atoms with Gasteiger partial charge in [0.1, 0.15) is 5.69 Å². The van der Waals surface area contributed by atoms with Gasteiger partial charge in [-0.15, -0.1) is 0 Å². The van der Waals surface area contributed by atoms with E-state index in [2.05, 4.69) is 10.4 Å². The van der Waals surface area contributed by atoms with Crippen molar-refractivity contribution in [3.05, 3.63) is 60.3 Å². The largest absolute Gasteiger partial charge is 0.493 e. The zero-order valence-corrected chi connectivity index (χ0v) is 16.8. The van der Waals surface area contributed by atoms with Crippen LogP contribution >= 0.6 is 0 Å². The Morgan fingerprint density at radius 2 is 1.79 bits per heavy atom. The number of carbonyl (C=O) groups excluding carboxylic acids is 1. The smallest absolute Gasteiger partial charge is 0.255 e. The maximum Gasteiger partial charge on any atom is 0.255 e. The Labute approximate surface area is 170 Å². The van der Waals surface area contributed by atoms with Crippen molar-refractivity contribution in [1.82, 2.24) is 15.1 Å². The lowest BCUT2D eigenvalue weighted by atomic mass is 10.1. The highest BCUT2D eigenvalue weighted by atomic mass is 16.5. The number of nitrogens with zero attached hydrogens (tertiary/aromatic N) is 2. The Balaban J connectivity index is 2.00. The van der Waals surface area contributed by atoms with Crippen molar-refractivity contribution in [1.29, 1.82) is 0 Å². The third-order valence-electron chi connectivity index (χ3n) is 4.45. The maximum atomic E-state index is 12.9. The second-order valence-corrected chi connectivity index (χ2v) is 6.34. The molecule has 7 nitrogen and oxygen atoms in total. The van der Waals surface area contributed by atoms with Crippen molar-refractivity contribution < 1.29 is 19.0 Å². The van der Waals surface area contributed by atoms with E-state index in [0.29, 0.717) is 35.9 Å². The number of carbonyl (C=O) groups is 1. The van der Waals surface area contributed by atoms with Crippen LogP contribution in [0.4, 0.5) is 0 Å². The van der Waals surface area contributed by atoms with Crippen LogP contribution < -0.4 is 14.8 Å². The summed E-state index contributed by atoms with van der Waals surface area (Å²) >= 11 is 0. The van der Waals surface area contributed by atoms with Crippen molar-refractivity contribution in [2.75, 3.05) is 34.5 Å². The predicted octanol–water partition coefficient (Wildman–Crippen LogP) is 3.32. The van der Waals surface area contributed by atoms with E-state index in [4.69, 9.17) is 14.2 Å². The highest BCUT2D eigenvalue weighted by Crippen LogP contribution is 2.33. The van der Waals surface area contributed by atoms with Crippen LogP contribution in [0.5, 0.6) is 11.5 Å². The van der Waals surface area contributed by atoms with Crippen LogP contribution in [0, 0.1) is 0 Å². The molecular formula is C22H25N3O4. The summed E-state index contributed by atoms with van der Waals surface area (Å²) < 4.78 is 17.5. The van der Waals surface area contributed by atoms with Gasteiger partial charge in [-0.1, -0.05) is 18.2 Å². The number of aromatic nitrogens is 2. The molecule has 29 heavy (non-hydrogen) atoms. The summed E-state index contributed by atoms with van der Waals surface area (Å²) in [5, 5.41) is 7.61. The first kappa shape index (κ1) is 20.4. The Morgan fingerprint density at radius 1 is 1.03 bits per heavy atom. The minimum Gasteiger partial charge on any atom is -0.493 e. The Bertz CT molecular complexity index is 954. The van der Waals surface area contributed by atoms with Gasteiger partial charge in [0.15, 0.2) is 11.5 Å². The minimum absolute atomic E-state index is 0.187. The van der Waals surface area contributed by atoms with Crippen molar-refractivity contribution in [2.24, 2.45) is 0 Å². The average molecular weight is 395 g/mol. The molecule has 0 fully saturated rings. The molecule has 0 radical (unpaired) electrons. The number of amides is 1. The molecular weight excluding hydrogens is 370 g/mol. The summed E-state index contributed by atoms with van der Waals surface area (Å²) in [7, 11) is 4.80. The lowest BCUT2D eigenvalue weighted by Crippen LogP contribution is -2.25. The summed E-state index contributed by atoms with van der Waals surface area (Å²) in [4.78, 5) is 12.9. The zero-order chi connectivity index (χ0) is 20.6. The van der Waals surface area contributed by atoms with Gasteiger partial charge in [0.2, 0.25) is 0 Å². The fourth-order valence-corrected chi connectivity index (χ4v) is 2.96. The van der Waals surface area contributed by atoms with Crippen LogP contribution in [0.2, 0.25) is 0 Å². The predicted molar refractivity (Wildman–Crippen MR) is 111 cm³/mol. The number of hydrogen-bond donors (Lipinski definition) is 1. The SMILES string of the molecule is COCCCNC(=O)c1cn(-c2ccccc2)nc1-c1ccc(OC)c(OC)c1. The summed E-state index contributed by atoms with van der Waals surface area (Å²) in [6, 6.07) is 15.1. The first-order chi connectivity index (χ1) is 14.2. The number of para-hydroxylation sites is 1. The Hall–Kier alpha value is -3.32. The van der Waals surface area contributed by atoms with Crippen LogP contribution in [-0.4, -0.2) is 50.2 Å². The highest BCUT2D eigenvalue weighted by Gasteiger charge is 2.19. The van der Waals surface area contributed by atoms with Gasteiger partial charge in [-0.25, -0.2) is 4.68 Å². The fourth-order valence-electron chi connectivity index (χ4n) is 2.96. The molecule has 1 amide bonds. The Kier molecular flexibility index (Phi) is 6.86. The third kappa shape index (κ3) is 4.75. The average Bonchev–Trinajstić information content (AvgIpc) is 3.22. The number of methoxy groups -OCH3 is 3. The van der Waals surface area contributed by atoms with E-state index in [0.717, 1.165) is 17.7 Å². The standard InChI is InChI=1S/C22H25N3O4/c1-27-13-7-12-23-22(26)18-15-25(17-8-5-4-6-9-17)24-21(18)16-10-11-19(28-2)20(14-16)29-3/h4-6,8-11,14-15H,7,12-13H2,1-3H3,(H,23,26). The maximum absolute atomic E-state index is 12.9. The van der Waals surface area contributed by atoms with E-state index in [1.54, 1.807) is 38.3 Å². The first-order valence-electron chi connectivity index (χ1n) is 9.32. The van der Waals surface area contributed by atoms with Crippen LogP contribution in [0.3, 0.4) is 0 Å². The second kappa shape index (κ2) is 9.75. The summed E-state index contributed by atoms with van der Waals surface area (Å²) in [5.41, 5.74) is 2.68. The normalized spacial score (nSPS) is 10.6. The van der Waals surface area contributed by atoms with Crippen molar-refractivity contribution in [3.63, 3.8) is 0 Å². The molecule has 0 aliphatic carbocycles. The van der Waals surface area contributed by atoms with Crippen LogP contribution in [0.15, 0.2) is 54.7 Å². The summed E-state index contributed by atoms with van der Waals surface area (Å²) in [6.07, 6.45) is 2.48. The topological polar surface area (TPSA) is 74.6 Å². The third-order valence-corrected chi connectivity index (χ3v) is 4.45. The van der Waals surface area contributed by atoms with Gasteiger partial charge in [0.05, 0.1) is 25.5 Å². The number of ether oxygens (including phenoxy) is 3. The molecule has 7 heteroatoms. The van der Waals surface area contributed by atoms with Gasteiger partial charge < -0.3 is 19.5 Å². The number of rotatable bonds is 9. The first-order valence-corrected chi connectivity index (χ1v) is 9.32. The van der Waals surface area contributed by atoms with Crippen LogP contribution in [0.1, 0.15) is 16.8 Å². The fraction of sp³-hybridized carbons (Fsp3) is 0.273. The van der Waals surface area contributed by atoms with Gasteiger partial charge in [0.25, 0.3) is 5.91 Å². The summed E-state index contributed by atoms with van der Waals surface area (Å²) in [6.45, 7) is 1.11. The van der Waals surface area contributed by atoms with Gasteiger partial charge in [0, 0.05) is 32.0 Å². The van der Waals surface area contributed by atoms with Gasteiger partial charge in [-0.05, 0) is 36.8 Å². The molecule has 0 bridgehead atoms. The van der Waals surface area contributed by atoms with Gasteiger partial charge >= 0.3 is 0 Å². The molecule has 152 valence electrons. The molecule has 1 aromatic heterocycles. The lowest BCUT2D eigenvalue weighted by molar-refractivity contribution is 0.0949. The highest BCUT2D eigenvalue weighted by molar-refractivity contribution is 6.00. The lowest BCUT2D eigenvalue weighted by Gasteiger charge is -2.09. The molecule has 0 saturated carbocycles. The second-order valence-electron chi connectivity index (χ2n) is 6.34. The van der Waals surface area contributed by atoms with Crippen LogP contribution in [-0.2, 0) is 4.74 Å². The molecule has 3 rings (SSSR count). The molecule has 3 aromatic rings. The number of benzene rings is 2. The number of nitrogens with one attached hydrogen (secondary N) is 1. The van der Waals surface area contributed by atoms with E-state index in [1.807, 2.05) is 42.5 Å². The molecule has 1 N–H and O–H groups in total. The van der Waals surface area contributed by atoms with Crippen LogP contribution in [0.25, 0.3) is 16.9 Å². The van der Waals surface area contributed by atoms with Gasteiger partial charge in [-0.2, -0.15) is 5.10 Å². The molecule has 2 aromatic carbocycles. The van der Waals surface area contributed by atoms with Crippen molar-refractivity contribution in [2.45, 2.75) is 6.42 Å². The monoisotopic (exact) mass is 395 g/mol. The molecule has 0 aliphatic heterocycles. The van der Waals surface area contributed by atoms with E-state index in [1.165, 1.54) is 0 Å². The zero-order valence-electron chi connectivity index (χ0n) is 16.8. The van der Waals surface area contributed by atoms with Crippen molar-refractivity contribution in [3.8, 4) is 28.4 Å². The quantitative estimate of drug-likeness (QED) is 0.563. The molecule has 0 unspecified atom stereocenters. The minimum atomic E-state index is -0.187. The molecule has 0 spiro atoms. The Morgan fingerprint density at radius 3 is 2.48 bits per heavy atom.